The van der Waals surface area contributed by atoms with E-state index in [-0.39, 0.29) is 12.6 Å². The third kappa shape index (κ3) is 4.63. The number of benzene rings is 2. The topological polar surface area (TPSA) is 70.1 Å². The number of aryl methyl sites for hydroxylation is 2. The predicted molar refractivity (Wildman–Crippen MR) is 111 cm³/mol. The molecule has 3 rings (SSSR count). The zero-order chi connectivity index (χ0) is 19.2. The van der Waals surface area contributed by atoms with Crippen LogP contribution in [0, 0.1) is 6.92 Å². The Kier molecular flexibility index (Phi) is 6.04. The number of aliphatic hydroxyl groups excluding tert-OH is 1. The number of nitrogens with zero attached hydrogens (tertiary/aromatic N) is 2. The Bertz CT molecular complexity index is 896. The van der Waals surface area contributed by atoms with Crippen LogP contribution in [0.3, 0.4) is 0 Å². The summed E-state index contributed by atoms with van der Waals surface area (Å²) in [6, 6.07) is 18.1. The van der Waals surface area contributed by atoms with Gasteiger partial charge in [-0.15, -0.1) is 0 Å². The van der Waals surface area contributed by atoms with Crippen molar-refractivity contribution in [3.05, 3.63) is 65.7 Å². The fraction of sp³-hybridized carbons (Fsp3) is 0.273. The van der Waals surface area contributed by atoms with Gasteiger partial charge in [-0.1, -0.05) is 55.5 Å². The van der Waals surface area contributed by atoms with Crippen molar-refractivity contribution in [1.29, 1.82) is 0 Å². The van der Waals surface area contributed by atoms with Crippen LogP contribution in [0.2, 0.25) is 0 Å². The molecule has 0 aliphatic heterocycles. The summed E-state index contributed by atoms with van der Waals surface area (Å²) in [5, 5.41) is 16.0. The first kappa shape index (κ1) is 18.9. The van der Waals surface area contributed by atoms with E-state index in [1.54, 1.807) is 0 Å². The van der Waals surface area contributed by atoms with Crippen LogP contribution in [0.4, 0.5) is 17.5 Å². The highest BCUT2D eigenvalue weighted by Gasteiger charge is 2.11. The second-order valence-corrected chi connectivity index (χ2v) is 6.64. The van der Waals surface area contributed by atoms with Crippen molar-refractivity contribution in [3.63, 3.8) is 0 Å². The number of hydrogen-bond acceptors (Lipinski definition) is 5. The molecule has 1 atom stereocenters. The molecule has 0 radical (unpaired) electrons. The van der Waals surface area contributed by atoms with Gasteiger partial charge in [0.2, 0.25) is 5.95 Å². The van der Waals surface area contributed by atoms with Gasteiger partial charge in [-0.25, -0.2) is 4.98 Å². The van der Waals surface area contributed by atoms with E-state index in [0.29, 0.717) is 5.95 Å². The van der Waals surface area contributed by atoms with Crippen molar-refractivity contribution in [2.24, 2.45) is 0 Å². The SMILES string of the molecule is CCc1cccc(C)c1Nc1cc(-c2ccccc2)nc(N[C@H](C)CO)n1. The molecule has 0 amide bonds. The minimum atomic E-state index is -0.131. The summed E-state index contributed by atoms with van der Waals surface area (Å²) >= 11 is 0. The highest BCUT2D eigenvalue weighted by atomic mass is 16.3. The maximum atomic E-state index is 9.36. The fourth-order valence-electron chi connectivity index (χ4n) is 2.93. The average Bonchev–Trinajstić information content (AvgIpc) is 2.70. The molecule has 0 unspecified atom stereocenters. The summed E-state index contributed by atoms with van der Waals surface area (Å²) in [6.45, 7) is 6.14. The molecule has 3 aromatic rings. The Labute approximate surface area is 160 Å². The van der Waals surface area contributed by atoms with Gasteiger partial charge in [-0.2, -0.15) is 4.98 Å². The van der Waals surface area contributed by atoms with E-state index in [2.05, 4.69) is 52.6 Å². The summed E-state index contributed by atoms with van der Waals surface area (Å²) in [4.78, 5) is 9.24. The highest BCUT2D eigenvalue weighted by Crippen LogP contribution is 2.27. The summed E-state index contributed by atoms with van der Waals surface area (Å²) in [7, 11) is 0. The Hall–Kier alpha value is -2.92. The number of aromatic nitrogens is 2. The molecule has 5 heteroatoms. The second kappa shape index (κ2) is 8.64. The fourth-order valence-corrected chi connectivity index (χ4v) is 2.93. The first-order valence-electron chi connectivity index (χ1n) is 9.28. The minimum absolute atomic E-state index is 0.0134. The van der Waals surface area contributed by atoms with Crippen LogP contribution in [-0.2, 0) is 6.42 Å². The molecule has 0 aliphatic carbocycles. The van der Waals surface area contributed by atoms with Crippen molar-refractivity contribution in [2.75, 3.05) is 17.2 Å². The molecule has 0 saturated carbocycles. The Morgan fingerprint density at radius 2 is 1.81 bits per heavy atom. The van der Waals surface area contributed by atoms with E-state index in [9.17, 15) is 5.11 Å². The molecule has 0 saturated heterocycles. The predicted octanol–water partition coefficient (Wildman–Crippen LogP) is 4.55. The van der Waals surface area contributed by atoms with E-state index < -0.39 is 0 Å². The van der Waals surface area contributed by atoms with Crippen molar-refractivity contribution >= 4 is 17.5 Å². The first-order valence-corrected chi connectivity index (χ1v) is 9.28. The normalized spacial score (nSPS) is 11.9. The molecule has 1 aromatic heterocycles. The van der Waals surface area contributed by atoms with Crippen LogP contribution < -0.4 is 10.6 Å². The minimum Gasteiger partial charge on any atom is -0.394 e. The van der Waals surface area contributed by atoms with E-state index >= 15 is 0 Å². The standard InChI is InChI=1S/C22H26N4O/c1-4-17-12-8-9-15(2)21(17)25-20-13-19(18-10-6-5-7-11-18)24-22(26-20)23-16(3)14-27/h5-13,16,27H,4,14H2,1-3H3,(H2,23,24,25,26)/t16-/m1/s1. The van der Waals surface area contributed by atoms with Crippen LogP contribution in [0.15, 0.2) is 54.6 Å². The largest absolute Gasteiger partial charge is 0.394 e. The van der Waals surface area contributed by atoms with Crippen LogP contribution >= 0.6 is 0 Å². The van der Waals surface area contributed by atoms with Gasteiger partial charge in [-0.05, 0) is 31.4 Å². The Morgan fingerprint density at radius 1 is 1.04 bits per heavy atom. The molecular weight excluding hydrogens is 336 g/mol. The van der Waals surface area contributed by atoms with Gasteiger partial charge in [0.25, 0.3) is 0 Å². The number of aliphatic hydroxyl groups is 1. The van der Waals surface area contributed by atoms with E-state index in [4.69, 9.17) is 0 Å². The average molecular weight is 362 g/mol. The van der Waals surface area contributed by atoms with Crippen molar-refractivity contribution < 1.29 is 5.11 Å². The van der Waals surface area contributed by atoms with E-state index in [1.807, 2.05) is 43.3 Å². The summed E-state index contributed by atoms with van der Waals surface area (Å²) in [5.74, 6) is 1.22. The van der Waals surface area contributed by atoms with Gasteiger partial charge < -0.3 is 15.7 Å². The monoisotopic (exact) mass is 362 g/mol. The molecule has 2 aromatic carbocycles. The van der Waals surface area contributed by atoms with Crippen LogP contribution in [-0.4, -0.2) is 27.7 Å². The van der Waals surface area contributed by atoms with E-state index in [1.165, 1.54) is 11.1 Å². The molecule has 0 fully saturated rings. The number of nitrogens with one attached hydrogen (secondary N) is 2. The molecule has 5 nitrogen and oxygen atoms in total. The third-order valence-electron chi connectivity index (χ3n) is 4.44. The van der Waals surface area contributed by atoms with Crippen LogP contribution in [0.1, 0.15) is 25.0 Å². The molecule has 0 aliphatic rings. The Morgan fingerprint density at radius 3 is 2.52 bits per heavy atom. The number of para-hydroxylation sites is 1. The molecule has 3 N–H and O–H groups in total. The van der Waals surface area contributed by atoms with Crippen molar-refractivity contribution in [2.45, 2.75) is 33.2 Å². The first-order chi connectivity index (χ1) is 13.1. The quantitative estimate of drug-likeness (QED) is 0.575. The van der Waals surface area contributed by atoms with Crippen LogP contribution in [0.25, 0.3) is 11.3 Å². The summed E-state index contributed by atoms with van der Waals surface area (Å²) < 4.78 is 0. The maximum absolute atomic E-state index is 9.36. The lowest BCUT2D eigenvalue weighted by atomic mass is 10.1. The van der Waals surface area contributed by atoms with E-state index in [0.717, 1.165) is 29.2 Å². The lowest BCUT2D eigenvalue weighted by Crippen LogP contribution is -2.21. The molecule has 0 spiro atoms. The van der Waals surface area contributed by atoms with Crippen LogP contribution in [0.5, 0.6) is 0 Å². The summed E-state index contributed by atoms with van der Waals surface area (Å²) in [6.07, 6.45) is 0.938. The Balaban J connectivity index is 2.03. The van der Waals surface area contributed by atoms with Gasteiger partial charge in [0.1, 0.15) is 5.82 Å². The van der Waals surface area contributed by atoms with Gasteiger partial charge in [0.05, 0.1) is 12.3 Å². The maximum Gasteiger partial charge on any atom is 0.225 e. The van der Waals surface area contributed by atoms with Gasteiger partial charge in [0, 0.05) is 23.4 Å². The third-order valence-corrected chi connectivity index (χ3v) is 4.44. The highest BCUT2D eigenvalue weighted by molar-refractivity contribution is 5.70. The van der Waals surface area contributed by atoms with Gasteiger partial charge in [0.15, 0.2) is 0 Å². The summed E-state index contributed by atoms with van der Waals surface area (Å²) in [5.41, 5.74) is 5.34. The molecular formula is C22H26N4O. The number of rotatable bonds is 7. The molecule has 0 bridgehead atoms. The number of hydrogen-bond donors (Lipinski definition) is 3. The zero-order valence-electron chi connectivity index (χ0n) is 16.0. The lowest BCUT2D eigenvalue weighted by molar-refractivity contribution is 0.281. The molecule has 1 heterocycles. The number of anilines is 3. The smallest absolute Gasteiger partial charge is 0.225 e. The van der Waals surface area contributed by atoms with Crippen molar-refractivity contribution in [3.8, 4) is 11.3 Å². The lowest BCUT2D eigenvalue weighted by Gasteiger charge is -2.17. The molecule has 140 valence electrons. The van der Waals surface area contributed by atoms with Gasteiger partial charge in [-0.3, -0.25) is 0 Å². The van der Waals surface area contributed by atoms with Crippen molar-refractivity contribution in [1.82, 2.24) is 9.97 Å². The second-order valence-electron chi connectivity index (χ2n) is 6.64. The van der Waals surface area contributed by atoms with Gasteiger partial charge >= 0.3 is 0 Å². The molecule has 27 heavy (non-hydrogen) atoms. The zero-order valence-corrected chi connectivity index (χ0v) is 16.0.